The van der Waals surface area contributed by atoms with Gasteiger partial charge in [-0.3, -0.25) is 0 Å². The summed E-state index contributed by atoms with van der Waals surface area (Å²) in [5, 5.41) is 0. The highest BCUT2D eigenvalue weighted by atomic mass is 13.2. The van der Waals surface area contributed by atoms with Gasteiger partial charge in [-0.2, -0.15) is 0 Å². The predicted molar refractivity (Wildman–Crippen MR) is 29.1 cm³/mol. The Morgan fingerprint density at radius 1 is 1.40 bits per heavy atom. The molecule has 2 heteroatoms. The monoisotopic (exact) mass is 67.1 g/mol. The standard InChI is InChI=1S/C3H9B2/c1-4-5(2)3/h1-3H3. The number of hydrogen-bond acceptors (Lipinski definition) is 0. The topological polar surface area (TPSA) is 0 Å². The average Bonchev–Trinajstić information content (AvgIpc) is 1.38. The van der Waals surface area contributed by atoms with E-state index in [-0.39, 0.29) is 0 Å². The normalized spacial score (nSPS) is 7.00. The molecule has 0 aliphatic rings. The van der Waals surface area contributed by atoms with Crippen LogP contribution in [0, 0.1) is 0 Å². The summed E-state index contributed by atoms with van der Waals surface area (Å²) in [4.78, 5) is 0. The summed E-state index contributed by atoms with van der Waals surface area (Å²) in [7, 11) is 2.17. The quantitative estimate of drug-likeness (QED) is 0.401. The molecular formula is C3H9B2. The Morgan fingerprint density at radius 3 is 1.60 bits per heavy atom. The van der Waals surface area contributed by atoms with Crippen LogP contribution in [0.15, 0.2) is 0 Å². The molecule has 0 rings (SSSR count). The largest absolute Gasteiger partial charge is 0.0992 e. The van der Waals surface area contributed by atoms with Crippen molar-refractivity contribution in [3.63, 3.8) is 0 Å². The summed E-state index contributed by atoms with van der Waals surface area (Å²) >= 11 is 0. The third-order valence-electron chi connectivity index (χ3n) is 0.667. The van der Waals surface area contributed by atoms with Crippen LogP contribution >= 0.6 is 0 Å². The van der Waals surface area contributed by atoms with Gasteiger partial charge in [-0.1, -0.05) is 20.5 Å². The van der Waals surface area contributed by atoms with Crippen molar-refractivity contribution in [1.29, 1.82) is 0 Å². The highest BCUT2D eigenvalue weighted by molar-refractivity contribution is 7.10. The van der Waals surface area contributed by atoms with Crippen LogP contribution in [0.25, 0.3) is 0 Å². The minimum atomic E-state index is 0.759. The van der Waals surface area contributed by atoms with E-state index in [9.17, 15) is 0 Å². The Labute approximate surface area is 35.3 Å². The molecule has 0 spiro atoms. The molecule has 0 saturated carbocycles. The molecule has 5 heavy (non-hydrogen) atoms. The van der Waals surface area contributed by atoms with Gasteiger partial charge in [0.15, 0.2) is 0 Å². The van der Waals surface area contributed by atoms with Crippen LogP contribution in [0.3, 0.4) is 0 Å². The Kier molecular flexibility index (Phi) is 2.43. The van der Waals surface area contributed by atoms with E-state index in [2.05, 4.69) is 27.6 Å². The maximum Gasteiger partial charge on any atom is 0.0931 e. The number of rotatable bonds is 1. The lowest BCUT2D eigenvalue weighted by Gasteiger charge is -1.82. The molecule has 0 bridgehead atoms. The van der Waals surface area contributed by atoms with Gasteiger partial charge in [0.2, 0.25) is 0 Å². The smallest absolute Gasteiger partial charge is 0.0931 e. The molecule has 0 N–H and O–H groups in total. The van der Waals surface area contributed by atoms with Crippen molar-refractivity contribution >= 4 is 13.8 Å². The van der Waals surface area contributed by atoms with Gasteiger partial charge in [-0.05, 0) is 0 Å². The second-order valence-corrected chi connectivity index (χ2v) is 1.58. The first-order valence-corrected chi connectivity index (χ1v) is 2.07. The highest BCUT2D eigenvalue weighted by Gasteiger charge is 1.88. The van der Waals surface area contributed by atoms with Crippen molar-refractivity contribution in [3.05, 3.63) is 0 Å². The van der Waals surface area contributed by atoms with Crippen LogP contribution in [0.4, 0.5) is 0 Å². The van der Waals surface area contributed by atoms with Crippen LogP contribution in [0.5, 0.6) is 0 Å². The zero-order valence-corrected chi connectivity index (χ0v) is 4.15. The van der Waals surface area contributed by atoms with E-state index in [1.54, 1.807) is 0 Å². The second kappa shape index (κ2) is 2.37. The van der Waals surface area contributed by atoms with Crippen LogP contribution in [0.2, 0.25) is 20.5 Å². The van der Waals surface area contributed by atoms with E-state index in [4.69, 9.17) is 0 Å². The minimum absolute atomic E-state index is 0.759. The molecule has 0 saturated heterocycles. The molecule has 0 aliphatic carbocycles. The summed E-state index contributed by atoms with van der Waals surface area (Å²) in [5.41, 5.74) is 0. The van der Waals surface area contributed by atoms with Crippen LogP contribution in [-0.4, -0.2) is 13.8 Å². The molecule has 0 heterocycles. The maximum absolute atomic E-state index is 2.17. The Bertz CT molecular complexity index is 18.9. The first-order chi connectivity index (χ1) is 2.27. The molecule has 0 fully saturated rings. The second-order valence-electron chi connectivity index (χ2n) is 1.58. The van der Waals surface area contributed by atoms with Crippen molar-refractivity contribution in [1.82, 2.24) is 0 Å². The fourth-order valence-corrected chi connectivity index (χ4v) is 0. The maximum atomic E-state index is 2.17. The zero-order chi connectivity index (χ0) is 4.28. The molecule has 27 valence electrons. The van der Waals surface area contributed by atoms with Crippen molar-refractivity contribution in [3.8, 4) is 0 Å². The first-order valence-electron chi connectivity index (χ1n) is 2.07. The average molecular weight is 66.7 g/mol. The molecule has 0 aromatic heterocycles. The summed E-state index contributed by atoms with van der Waals surface area (Å²) in [5.74, 6) is 0. The fraction of sp³-hybridized carbons (Fsp3) is 1.00. The van der Waals surface area contributed by atoms with Gasteiger partial charge in [-0.25, -0.2) is 0 Å². The predicted octanol–water partition coefficient (Wildman–Crippen LogP) is 0.990. The lowest BCUT2D eigenvalue weighted by atomic mass is 9.25. The Hall–Kier alpha value is 0.130. The van der Waals surface area contributed by atoms with Gasteiger partial charge in [0.1, 0.15) is 0 Å². The van der Waals surface area contributed by atoms with Crippen LogP contribution < -0.4 is 0 Å². The van der Waals surface area contributed by atoms with E-state index in [0.29, 0.717) is 0 Å². The number of hydrogen-bond donors (Lipinski definition) is 0. The molecule has 1 radical (unpaired) electrons. The molecule has 0 unspecified atom stereocenters. The van der Waals surface area contributed by atoms with Gasteiger partial charge in [0.25, 0.3) is 0 Å². The molecule has 0 aromatic carbocycles. The summed E-state index contributed by atoms with van der Waals surface area (Å²) in [6.07, 6.45) is 0. The highest BCUT2D eigenvalue weighted by Crippen LogP contribution is 1.69. The van der Waals surface area contributed by atoms with Crippen LogP contribution in [-0.2, 0) is 0 Å². The van der Waals surface area contributed by atoms with Crippen molar-refractivity contribution in [2.45, 2.75) is 20.5 Å². The van der Waals surface area contributed by atoms with E-state index in [1.807, 2.05) is 0 Å². The van der Waals surface area contributed by atoms with Crippen molar-refractivity contribution in [2.75, 3.05) is 0 Å². The Morgan fingerprint density at radius 2 is 1.60 bits per heavy atom. The summed E-state index contributed by atoms with van der Waals surface area (Å²) < 4.78 is 0. The van der Waals surface area contributed by atoms with Gasteiger partial charge in [0, 0.05) is 0 Å². The lowest BCUT2D eigenvalue weighted by Crippen LogP contribution is -2.06. The molecule has 0 aliphatic heterocycles. The zero-order valence-electron chi connectivity index (χ0n) is 4.15. The van der Waals surface area contributed by atoms with Gasteiger partial charge in [0.05, 0.1) is 13.8 Å². The summed E-state index contributed by atoms with van der Waals surface area (Å²) in [6.45, 7) is 7.17. The molecular weight excluding hydrogens is 57.7 g/mol. The molecule has 0 amide bonds. The summed E-state index contributed by atoms with van der Waals surface area (Å²) in [6, 6.07) is 0. The van der Waals surface area contributed by atoms with E-state index >= 15 is 0 Å². The molecule has 0 atom stereocenters. The van der Waals surface area contributed by atoms with E-state index in [0.717, 1.165) is 6.60 Å². The fourth-order valence-electron chi connectivity index (χ4n) is 0. The van der Waals surface area contributed by atoms with E-state index in [1.165, 1.54) is 0 Å². The molecule has 0 nitrogen and oxygen atoms in total. The minimum Gasteiger partial charge on any atom is -0.0992 e. The lowest BCUT2D eigenvalue weighted by molar-refractivity contribution is 2.07. The molecule has 0 aromatic rings. The van der Waals surface area contributed by atoms with Gasteiger partial charge >= 0.3 is 0 Å². The van der Waals surface area contributed by atoms with Gasteiger partial charge in [-0.15, -0.1) is 0 Å². The van der Waals surface area contributed by atoms with Gasteiger partial charge < -0.3 is 0 Å². The van der Waals surface area contributed by atoms with Crippen LogP contribution in [0.1, 0.15) is 0 Å². The third kappa shape index (κ3) is 4.13. The Balaban J connectivity index is 2.54. The van der Waals surface area contributed by atoms with E-state index < -0.39 is 0 Å². The van der Waals surface area contributed by atoms with Crippen molar-refractivity contribution in [2.24, 2.45) is 0 Å². The first kappa shape index (κ1) is 5.13. The SMILES string of the molecule is C[B]B(C)C. The van der Waals surface area contributed by atoms with Crippen molar-refractivity contribution < 1.29 is 0 Å². The third-order valence-corrected chi connectivity index (χ3v) is 0.667.